The summed E-state index contributed by atoms with van der Waals surface area (Å²) in [6, 6.07) is 18.1. The summed E-state index contributed by atoms with van der Waals surface area (Å²) in [6.45, 7) is 2.69. The molecule has 2 aromatic heterocycles. The molecule has 0 amide bonds. The fourth-order valence-corrected chi connectivity index (χ4v) is 4.01. The zero-order valence-electron chi connectivity index (χ0n) is 14.5. The molecule has 6 nitrogen and oxygen atoms in total. The van der Waals surface area contributed by atoms with Crippen molar-refractivity contribution in [1.82, 2.24) is 29.7 Å². The number of hydrogen-bond donors (Lipinski definition) is 0. The van der Waals surface area contributed by atoms with Gasteiger partial charge >= 0.3 is 0 Å². The van der Waals surface area contributed by atoms with E-state index >= 15 is 0 Å². The van der Waals surface area contributed by atoms with Crippen LogP contribution in [0.4, 0.5) is 0 Å². The summed E-state index contributed by atoms with van der Waals surface area (Å²) in [5.74, 6) is 0. The molecule has 2 heterocycles. The average molecular weight is 383 g/mol. The maximum Gasteiger partial charge on any atom is 0.221 e. The number of tetrazole rings is 1. The second-order valence-electron chi connectivity index (χ2n) is 6.10. The summed E-state index contributed by atoms with van der Waals surface area (Å²) < 4.78 is 5.17. The van der Waals surface area contributed by atoms with Crippen LogP contribution in [0.2, 0.25) is 0 Å². The molecule has 8 heteroatoms. The van der Waals surface area contributed by atoms with E-state index < -0.39 is 0 Å². The Balaban J connectivity index is 1.55. The summed E-state index contributed by atoms with van der Waals surface area (Å²) >= 11 is 7.26. The van der Waals surface area contributed by atoms with Gasteiger partial charge in [0.15, 0.2) is 0 Å². The molecule has 2 aromatic carbocycles. The van der Waals surface area contributed by atoms with Crippen LogP contribution in [-0.4, -0.2) is 36.7 Å². The SMILES string of the molecule is C[C@@H](c1nc2ccccc2s1)N(C)Cn1nnn(-c2ccccc2)c1=S. The topological polar surface area (TPSA) is 51.8 Å². The van der Waals surface area contributed by atoms with E-state index in [1.54, 1.807) is 20.7 Å². The molecule has 4 aromatic rings. The first-order valence-electron chi connectivity index (χ1n) is 8.27. The summed E-state index contributed by atoms with van der Waals surface area (Å²) in [7, 11) is 2.04. The number of benzene rings is 2. The number of hydrogen-bond acceptors (Lipinski definition) is 6. The van der Waals surface area contributed by atoms with E-state index in [1.165, 1.54) is 4.70 Å². The molecule has 0 unspecified atom stereocenters. The summed E-state index contributed by atoms with van der Waals surface area (Å²) in [5.41, 5.74) is 1.95. The van der Waals surface area contributed by atoms with Crippen LogP contribution >= 0.6 is 23.6 Å². The lowest BCUT2D eigenvalue weighted by Gasteiger charge is -2.22. The van der Waals surface area contributed by atoms with Gasteiger partial charge in [-0.15, -0.1) is 11.3 Å². The Hall–Kier alpha value is -2.42. The van der Waals surface area contributed by atoms with E-state index in [9.17, 15) is 0 Å². The highest BCUT2D eigenvalue weighted by atomic mass is 32.1. The Morgan fingerprint density at radius 2 is 1.81 bits per heavy atom. The lowest BCUT2D eigenvalue weighted by Crippen LogP contribution is -2.26. The van der Waals surface area contributed by atoms with Gasteiger partial charge in [-0.25, -0.2) is 9.67 Å². The lowest BCUT2D eigenvalue weighted by molar-refractivity contribution is 0.193. The molecule has 0 radical (unpaired) electrons. The van der Waals surface area contributed by atoms with E-state index in [0.717, 1.165) is 16.2 Å². The minimum Gasteiger partial charge on any atom is -0.278 e. The van der Waals surface area contributed by atoms with Crippen LogP contribution in [0.5, 0.6) is 0 Å². The molecule has 0 aliphatic carbocycles. The highest BCUT2D eigenvalue weighted by molar-refractivity contribution is 7.71. The molecular weight excluding hydrogens is 364 g/mol. The monoisotopic (exact) mass is 382 g/mol. The van der Waals surface area contributed by atoms with Gasteiger partial charge in [0.2, 0.25) is 4.77 Å². The van der Waals surface area contributed by atoms with Crippen LogP contribution in [0.1, 0.15) is 18.0 Å². The van der Waals surface area contributed by atoms with Gasteiger partial charge in [0, 0.05) is 0 Å². The Kier molecular flexibility index (Phi) is 4.62. The summed E-state index contributed by atoms with van der Waals surface area (Å²) in [4.78, 5) is 6.92. The van der Waals surface area contributed by atoms with E-state index in [0.29, 0.717) is 11.4 Å². The third-order valence-electron chi connectivity index (χ3n) is 4.33. The maximum atomic E-state index is 5.54. The van der Waals surface area contributed by atoms with Crippen molar-refractivity contribution in [3.8, 4) is 5.69 Å². The van der Waals surface area contributed by atoms with Crippen molar-refractivity contribution in [2.45, 2.75) is 19.6 Å². The van der Waals surface area contributed by atoms with Gasteiger partial charge in [0.1, 0.15) is 5.01 Å². The number of nitrogens with zero attached hydrogens (tertiary/aromatic N) is 6. The van der Waals surface area contributed by atoms with Gasteiger partial charge < -0.3 is 0 Å². The first-order chi connectivity index (χ1) is 12.6. The highest BCUT2D eigenvalue weighted by Crippen LogP contribution is 2.28. The molecule has 4 rings (SSSR count). The molecule has 0 N–H and O–H groups in total. The lowest BCUT2D eigenvalue weighted by atomic mass is 10.3. The maximum absolute atomic E-state index is 5.54. The van der Waals surface area contributed by atoms with Crippen LogP contribution < -0.4 is 0 Å². The third kappa shape index (κ3) is 3.18. The highest BCUT2D eigenvalue weighted by Gasteiger charge is 2.18. The summed E-state index contributed by atoms with van der Waals surface area (Å²) in [6.07, 6.45) is 0. The normalized spacial score (nSPS) is 12.7. The number of rotatable bonds is 5. The minimum atomic E-state index is 0.149. The molecule has 0 spiro atoms. The van der Waals surface area contributed by atoms with Crippen molar-refractivity contribution in [3.05, 3.63) is 64.4 Å². The number of thiazole rings is 1. The number of fused-ring (bicyclic) bond motifs is 1. The Morgan fingerprint density at radius 3 is 2.58 bits per heavy atom. The van der Waals surface area contributed by atoms with Gasteiger partial charge in [-0.1, -0.05) is 30.3 Å². The molecule has 0 aliphatic rings. The summed E-state index contributed by atoms with van der Waals surface area (Å²) in [5, 5.41) is 9.49. The first-order valence-corrected chi connectivity index (χ1v) is 9.50. The molecule has 0 fully saturated rings. The number of para-hydroxylation sites is 2. The second kappa shape index (κ2) is 7.06. The van der Waals surface area contributed by atoms with Crippen molar-refractivity contribution >= 4 is 33.8 Å². The molecule has 0 saturated carbocycles. The van der Waals surface area contributed by atoms with Crippen molar-refractivity contribution in [2.75, 3.05) is 7.05 Å². The van der Waals surface area contributed by atoms with Crippen molar-refractivity contribution < 1.29 is 0 Å². The predicted octanol–water partition coefficient (Wildman–Crippen LogP) is 4.06. The fraction of sp³-hybridized carbons (Fsp3) is 0.222. The molecule has 26 heavy (non-hydrogen) atoms. The van der Waals surface area contributed by atoms with E-state index in [1.807, 2.05) is 55.6 Å². The van der Waals surface area contributed by atoms with Crippen LogP contribution in [-0.2, 0) is 6.67 Å². The molecule has 0 aliphatic heterocycles. The first kappa shape index (κ1) is 17.0. The molecule has 0 saturated heterocycles. The molecule has 0 bridgehead atoms. The Morgan fingerprint density at radius 1 is 1.08 bits per heavy atom. The average Bonchev–Trinajstić information content (AvgIpc) is 3.26. The molecular formula is C18H18N6S2. The van der Waals surface area contributed by atoms with Crippen molar-refractivity contribution in [1.29, 1.82) is 0 Å². The Labute approximate surface area is 160 Å². The fourth-order valence-electron chi connectivity index (χ4n) is 2.69. The second-order valence-corrected chi connectivity index (χ2v) is 7.53. The van der Waals surface area contributed by atoms with Crippen molar-refractivity contribution in [3.63, 3.8) is 0 Å². The van der Waals surface area contributed by atoms with E-state index in [2.05, 4.69) is 28.3 Å². The zero-order chi connectivity index (χ0) is 18.1. The standard InChI is InChI=1S/C18H18N6S2/c1-13(17-19-15-10-6-7-11-16(15)26-17)22(2)12-23-18(25)24(21-20-23)14-8-4-3-5-9-14/h3-11,13H,12H2,1-2H3/t13-/m0/s1. The zero-order valence-corrected chi connectivity index (χ0v) is 16.1. The number of aromatic nitrogens is 5. The van der Waals surface area contributed by atoms with E-state index in [4.69, 9.17) is 17.2 Å². The minimum absolute atomic E-state index is 0.149. The quantitative estimate of drug-likeness (QED) is 0.487. The third-order valence-corrected chi connectivity index (χ3v) is 5.92. The van der Waals surface area contributed by atoms with Gasteiger partial charge in [0.25, 0.3) is 0 Å². The Bertz CT molecular complexity index is 1050. The van der Waals surface area contributed by atoms with Crippen LogP contribution in [0.15, 0.2) is 54.6 Å². The van der Waals surface area contributed by atoms with Gasteiger partial charge in [-0.3, -0.25) is 4.90 Å². The smallest absolute Gasteiger partial charge is 0.221 e. The van der Waals surface area contributed by atoms with Gasteiger partial charge in [-0.2, -0.15) is 4.68 Å². The van der Waals surface area contributed by atoms with Crippen molar-refractivity contribution in [2.24, 2.45) is 0 Å². The van der Waals surface area contributed by atoms with Crippen LogP contribution in [0.25, 0.3) is 15.9 Å². The predicted molar refractivity (Wildman–Crippen MR) is 106 cm³/mol. The van der Waals surface area contributed by atoms with Gasteiger partial charge in [0.05, 0.1) is 28.6 Å². The van der Waals surface area contributed by atoms with E-state index in [-0.39, 0.29) is 6.04 Å². The van der Waals surface area contributed by atoms with Crippen LogP contribution in [0, 0.1) is 4.77 Å². The molecule has 132 valence electrons. The van der Waals surface area contributed by atoms with Gasteiger partial charge in [-0.05, 0) is 60.9 Å². The molecule has 1 atom stereocenters. The largest absolute Gasteiger partial charge is 0.278 e. The van der Waals surface area contributed by atoms with Crippen LogP contribution in [0.3, 0.4) is 0 Å².